The number of terminal acetylenes is 1. The molecule has 0 atom stereocenters. The van der Waals surface area contributed by atoms with Crippen LogP contribution in [-0.2, 0) is 6.42 Å². The highest BCUT2D eigenvalue weighted by Gasteiger charge is 1.96. The fourth-order valence-electron chi connectivity index (χ4n) is 0.544. The lowest BCUT2D eigenvalue weighted by Gasteiger charge is -1.85. The van der Waals surface area contributed by atoms with Crippen LogP contribution in [0, 0.1) is 12.3 Å². The Kier molecular flexibility index (Phi) is 2.16. The molecule has 0 aromatic carbocycles. The van der Waals surface area contributed by atoms with Crippen LogP contribution in [0.2, 0.25) is 5.02 Å². The van der Waals surface area contributed by atoms with E-state index in [2.05, 4.69) is 5.92 Å². The molecule has 0 saturated heterocycles. The highest BCUT2D eigenvalue weighted by Crippen LogP contribution is 2.21. The van der Waals surface area contributed by atoms with Gasteiger partial charge in [-0.3, -0.25) is 0 Å². The van der Waals surface area contributed by atoms with Crippen molar-refractivity contribution in [1.82, 2.24) is 0 Å². The molecule has 0 bridgehead atoms. The average Bonchev–Trinajstić information content (AvgIpc) is 2.18. The van der Waals surface area contributed by atoms with Crippen LogP contribution >= 0.6 is 22.9 Å². The van der Waals surface area contributed by atoms with E-state index in [0.29, 0.717) is 6.42 Å². The van der Waals surface area contributed by atoms with Gasteiger partial charge in [0.25, 0.3) is 0 Å². The van der Waals surface area contributed by atoms with Crippen LogP contribution in [0.3, 0.4) is 0 Å². The molecule has 0 aliphatic heterocycles. The van der Waals surface area contributed by atoms with Gasteiger partial charge < -0.3 is 0 Å². The molecule has 9 heavy (non-hydrogen) atoms. The summed E-state index contributed by atoms with van der Waals surface area (Å²) in [6.07, 6.45) is 5.74. The quantitative estimate of drug-likeness (QED) is 0.549. The largest absolute Gasteiger partial charge is 0.146 e. The maximum absolute atomic E-state index is 5.73. The van der Waals surface area contributed by atoms with E-state index in [1.54, 1.807) is 11.3 Å². The molecule has 0 nitrogen and oxygen atoms in total. The zero-order chi connectivity index (χ0) is 6.69. The molecule has 0 spiro atoms. The van der Waals surface area contributed by atoms with Crippen molar-refractivity contribution >= 4 is 22.9 Å². The lowest BCUT2D eigenvalue weighted by Crippen LogP contribution is -1.71. The third-order valence-electron chi connectivity index (χ3n) is 0.954. The maximum atomic E-state index is 5.73. The van der Waals surface area contributed by atoms with Crippen LogP contribution < -0.4 is 0 Å². The third kappa shape index (κ3) is 1.48. The van der Waals surface area contributed by atoms with Crippen LogP contribution in [0.5, 0.6) is 0 Å². The van der Waals surface area contributed by atoms with Crippen molar-refractivity contribution in [2.24, 2.45) is 0 Å². The first-order valence-corrected chi connectivity index (χ1v) is 3.75. The van der Waals surface area contributed by atoms with E-state index in [9.17, 15) is 0 Å². The van der Waals surface area contributed by atoms with E-state index < -0.39 is 0 Å². The molecule has 1 aromatic rings. The summed E-state index contributed by atoms with van der Waals surface area (Å²) in [7, 11) is 0. The van der Waals surface area contributed by atoms with Gasteiger partial charge in [0.1, 0.15) is 0 Å². The number of hydrogen-bond donors (Lipinski definition) is 0. The standard InChI is InChI=1S/C7H5ClS/c1-2-3-7-6(8)4-5-9-7/h1,4-5H,3H2. The Bertz CT molecular complexity index is 231. The van der Waals surface area contributed by atoms with Crippen LogP contribution in [0.4, 0.5) is 0 Å². The predicted octanol–water partition coefficient (Wildman–Crippen LogP) is 2.58. The predicted molar refractivity (Wildman–Crippen MR) is 41.9 cm³/mol. The van der Waals surface area contributed by atoms with Gasteiger partial charge in [0, 0.05) is 11.3 Å². The van der Waals surface area contributed by atoms with Crippen molar-refractivity contribution in [3.05, 3.63) is 21.3 Å². The summed E-state index contributed by atoms with van der Waals surface area (Å²) in [6, 6.07) is 1.86. The molecule has 0 amide bonds. The first-order chi connectivity index (χ1) is 4.34. The average molecular weight is 157 g/mol. The summed E-state index contributed by atoms with van der Waals surface area (Å²) >= 11 is 7.33. The Balaban J connectivity index is 2.84. The van der Waals surface area contributed by atoms with E-state index in [0.717, 1.165) is 9.90 Å². The van der Waals surface area contributed by atoms with Gasteiger partial charge >= 0.3 is 0 Å². The minimum absolute atomic E-state index is 0.649. The van der Waals surface area contributed by atoms with Gasteiger partial charge in [-0.2, -0.15) is 0 Å². The zero-order valence-electron chi connectivity index (χ0n) is 4.73. The highest BCUT2D eigenvalue weighted by atomic mass is 35.5. The Morgan fingerprint density at radius 1 is 1.78 bits per heavy atom. The van der Waals surface area contributed by atoms with Gasteiger partial charge in [0.05, 0.1) is 5.02 Å². The molecule has 2 heteroatoms. The second-order valence-corrected chi connectivity index (χ2v) is 2.98. The number of halogens is 1. The Morgan fingerprint density at radius 2 is 2.56 bits per heavy atom. The number of thiophene rings is 1. The lowest BCUT2D eigenvalue weighted by molar-refractivity contribution is 1.41. The van der Waals surface area contributed by atoms with Crippen LogP contribution in [0.1, 0.15) is 4.88 Å². The molecule has 46 valence electrons. The molecule has 0 saturated carbocycles. The van der Waals surface area contributed by atoms with E-state index in [1.165, 1.54) is 0 Å². The zero-order valence-corrected chi connectivity index (χ0v) is 6.30. The van der Waals surface area contributed by atoms with Crippen molar-refractivity contribution in [1.29, 1.82) is 0 Å². The van der Waals surface area contributed by atoms with Crippen molar-refractivity contribution in [2.45, 2.75) is 6.42 Å². The van der Waals surface area contributed by atoms with Crippen molar-refractivity contribution in [3.63, 3.8) is 0 Å². The molecule has 0 fully saturated rings. The molecule has 1 heterocycles. The first-order valence-electron chi connectivity index (χ1n) is 2.50. The van der Waals surface area contributed by atoms with Gasteiger partial charge in [-0.15, -0.1) is 23.7 Å². The molecule has 0 aliphatic carbocycles. The van der Waals surface area contributed by atoms with E-state index >= 15 is 0 Å². The summed E-state index contributed by atoms with van der Waals surface area (Å²) in [4.78, 5) is 1.08. The Morgan fingerprint density at radius 3 is 3.00 bits per heavy atom. The minimum atomic E-state index is 0.649. The van der Waals surface area contributed by atoms with Gasteiger partial charge in [0.2, 0.25) is 0 Å². The van der Waals surface area contributed by atoms with Crippen LogP contribution in [-0.4, -0.2) is 0 Å². The summed E-state index contributed by atoms with van der Waals surface area (Å²) in [5, 5.41) is 2.73. The molecule has 0 aliphatic rings. The topological polar surface area (TPSA) is 0 Å². The van der Waals surface area contributed by atoms with E-state index in [1.807, 2.05) is 11.4 Å². The molecule has 1 aromatic heterocycles. The summed E-state index contributed by atoms with van der Waals surface area (Å²) in [6.45, 7) is 0. The monoisotopic (exact) mass is 156 g/mol. The van der Waals surface area contributed by atoms with Gasteiger partial charge in [0.15, 0.2) is 0 Å². The molecule has 0 N–H and O–H groups in total. The van der Waals surface area contributed by atoms with Crippen LogP contribution in [0.15, 0.2) is 11.4 Å². The molecular formula is C7H5ClS. The second kappa shape index (κ2) is 2.91. The molecule has 1 rings (SSSR count). The molecule has 0 unspecified atom stereocenters. The highest BCUT2D eigenvalue weighted by molar-refractivity contribution is 7.10. The van der Waals surface area contributed by atoms with E-state index in [4.69, 9.17) is 18.0 Å². The van der Waals surface area contributed by atoms with Gasteiger partial charge in [-0.25, -0.2) is 0 Å². The second-order valence-electron chi connectivity index (χ2n) is 1.57. The van der Waals surface area contributed by atoms with Crippen LogP contribution in [0.25, 0.3) is 0 Å². The first kappa shape index (κ1) is 6.67. The summed E-state index contributed by atoms with van der Waals surface area (Å²) < 4.78 is 0. The molecule has 0 radical (unpaired) electrons. The van der Waals surface area contributed by atoms with Gasteiger partial charge in [-0.05, 0) is 11.4 Å². The summed E-state index contributed by atoms with van der Waals surface area (Å²) in [5.74, 6) is 2.54. The fourth-order valence-corrected chi connectivity index (χ4v) is 1.60. The van der Waals surface area contributed by atoms with Crippen molar-refractivity contribution in [2.75, 3.05) is 0 Å². The van der Waals surface area contributed by atoms with Crippen molar-refractivity contribution in [3.8, 4) is 12.3 Å². The lowest BCUT2D eigenvalue weighted by atomic mass is 10.4. The number of rotatable bonds is 1. The van der Waals surface area contributed by atoms with E-state index in [-0.39, 0.29) is 0 Å². The number of hydrogen-bond acceptors (Lipinski definition) is 1. The minimum Gasteiger partial charge on any atom is -0.146 e. The normalized spacial score (nSPS) is 8.89. The third-order valence-corrected chi connectivity index (χ3v) is 2.34. The SMILES string of the molecule is C#CCc1sccc1Cl. The molecular weight excluding hydrogens is 152 g/mol. The van der Waals surface area contributed by atoms with Crippen molar-refractivity contribution < 1.29 is 0 Å². The summed E-state index contributed by atoms with van der Waals surface area (Å²) in [5.41, 5.74) is 0. The fraction of sp³-hybridized carbons (Fsp3) is 0.143. The Hall–Kier alpha value is -0.450. The Labute approximate surface area is 63.5 Å². The smallest absolute Gasteiger partial charge is 0.0554 e. The maximum Gasteiger partial charge on any atom is 0.0554 e. The van der Waals surface area contributed by atoms with Gasteiger partial charge in [-0.1, -0.05) is 11.6 Å².